The summed E-state index contributed by atoms with van der Waals surface area (Å²) in [6, 6.07) is 17.4. The van der Waals surface area contributed by atoms with Crippen LogP contribution >= 0.6 is 0 Å². The molecule has 2 unspecified atom stereocenters. The van der Waals surface area contributed by atoms with Crippen molar-refractivity contribution in [2.75, 3.05) is 13.2 Å². The number of para-hydroxylation sites is 2. The summed E-state index contributed by atoms with van der Waals surface area (Å²) >= 11 is 0. The van der Waals surface area contributed by atoms with E-state index in [4.69, 9.17) is 9.47 Å². The molecule has 2 aromatic rings. The summed E-state index contributed by atoms with van der Waals surface area (Å²) in [6.45, 7) is 1.55. The van der Waals surface area contributed by atoms with Gasteiger partial charge >= 0.3 is 0 Å². The molecule has 0 spiro atoms. The Morgan fingerprint density at radius 3 is 1.71 bits per heavy atom. The summed E-state index contributed by atoms with van der Waals surface area (Å²) < 4.78 is 11.5. The maximum Gasteiger partial charge on any atom is 0.124 e. The van der Waals surface area contributed by atoms with Crippen LogP contribution in [0.4, 0.5) is 0 Å². The number of rotatable bonds is 2. The van der Waals surface area contributed by atoms with Crippen LogP contribution in [0.15, 0.2) is 48.5 Å². The minimum absolute atomic E-state index is 0.353. The van der Waals surface area contributed by atoms with Gasteiger partial charge in [-0.3, -0.25) is 0 Å². The normalized spacial score (nSPS) is 23.4. The first-order valence-electron chi connectivity index (χ1n) is 7.61. The Morgan fingerprint density at radius 2 is 1.19 bits per heavy atom. The molecule has 2 aliphatic heterocycles. The SMILES string of the molecule is c1ccc2c(c1)OCCC2NC1CCOc2ccccc21. The number of nitrogens with one attached hydrogen (secondary N) is 1. The molecule has 3 nitrogen and oxygen atoms in total. The van der Waals surface area contributed by atoms with Crippen molar-refractivity contribution in [3.63, 3.8) is 0 Å². The Labute approximate surface area is 124 Å². The predicted octanol–water partition coefficient (Wildman–Crippen LogP) is 3.62. The molecule has 0 aliphatic carbocycles. The zero-order chi connectivity index (χ0) is 14.1. The summed E-state index contributed by atoms with van der Waals surface area (Å²) in [5.41, 5.74) is 2.54. The van der Waals surface area contributed by atoms with Crippen LogP contribution in [0.1, 0.15) is 36.1 Å². The summed E-state index contributed by atoms with van der Waals surface area (Å²) in [5, 5.41) is 3.81. The standard InChI is InChI=1S/C18H19NO2/c1-3-7-17-13(5-1)15(9-11-20-17)19-16-10-12-21-18-8-4-2-6-14(16)18/h1-8,15-16,19H,9-12H2. The number of hydrogen-bond acceptors (Lipinski definition) is 3. The van der Waals surface area contributed by atoms with Crippen LogP contribution < -0.4 is 14.8 Å². The number of hydrogen-bond donors (Lipinski definition) is 1. The molecule has 3 heteroatoms. The van der Waals surface area contributed by atoms with E-state index in [0.29, 0.717) is 12.1 Å². The van der Waals surface area contributed by atoms with Crippen molar-refractivity contribution in [1.29, 1.82) is 0 Å². The lowest BCUT2D eigenvalue weighted by Crippen LogP contribution is -2.33. The number of ether oxygens (including phenoxy) is 2. The fraction of sp³-hybridized carbons (Fsp3) is 0.333. The highest BCUT2D eigenvalue weighted by molar-refractivity contribution is 5.40. The smallest absolute Gasteiger partial charge is 0.124 e. The Morgan fingerprint density at radius 1 is 0.714 bits per heavy atom. The lowest BCUT2D eigenvalue weighted by atomic mass is 9.95. The largest absolute Gasteiger partial charge is 0.493 e. The zero-order valence-electron chi connectivity index (χ0n) is 11.9. The minimum atomic E-state index is 0.353. The molecule has 2 aliphatic rings. The Bertz CT molecular complexity index is 585. The second kappa shape index (κ2) is 5.41. The van der Waals surface area contributed by atoms with Gasteiger partial charge in [0, 0.05) is 36.1 Å². The van der Waals surface area contributed by atoms with E-state index in [0.717, 1.165) is 37.6 Å². The van der Waals surface area contributed by atoms with Gasteiger partial charge in [-0.15, -0.1) is 0 Å². The molecule has 1 N–H and O–H groups in total. The van der Waals surface area contributed by atoms with Crippen LogP contribution in [0.3, 0.4) is 0 Å². The fourth-order valence-corrected chi connectivity index (χ4v) is 3.27. The van der Waals surface area contributed by atoms with Crippen LogP contribution in [-0.2, 0) is 0 Å². The molecule has 0 saturated heterocycles. The molecule has 21 heavy (non-hydrogen) atoms. The van der Waals surface area contributed by atoms with Crippen molar-refractivity contribution in [2.45, 2.75) is 24.9 Å². The van der Waals surface area contributed by atoms with Crippen LogP contribution in [0.25, 0.3) is 0 Å². The summed E-state index contributed by atoms with van der Waals surface area (Å²) in [4.78, 5) is 0. The molecule has 0 aromatic heterocycles. The maximum absolute atomic E-state index is 5.75. The van der Waals surface area contributed by atoms with Crippen LogP contribution in [0, 0.1) is 0 Å². The molecular weight excluding hydrogens is 262 g/mol. The molecule has 0 saturated carbocycles. The zero-order valence-corrected chi connectivity index (χ0v) is 11.9. The van der Waals surface area contributed by atoms with Gasteiger partial charge in [0.25, 0.3) is 0 Å². The summed E-state index contributed by atoms with van der Waals surface area (Å²) in [5.74, 6) is 2.03. The molecule has 2 aromatic carbocycles. The van der Waals surface area contributed by atoms with Gasteiger partial charge in [0.2, 0.25) is 0 Å². The van der Waals surface area contributed by atoms with Gasteiger partial charge in [0.1, 0.15) is 11.5 Å². The average Bonchev–Trinajstić information content (AvgIpc) is 2.56. The Balaban J connectivity index is 1.61. The Hall–Kier alpha value is -2.00. The van der Waals surface area contributed by atoms with Gasteiger partial charge in [-0.1, -0.05) is 36.4 Å². The Kier molecular flexibility index (Phi) is 3.28. The highest BCUT2D eigenvalue weighted by atomic mass is 16.5. The monoisotopic (exact) mass is 281 g/mol. The molecule has 0 radical (unpaired) electrons. The van der Waals surface area contributed by atoms with E-state index in [-0.39, 0.29) is 0 Å². The quantitative estimate of drug-likeness (QED) is 0.912. The van der Waals surface area contributed by atoms with Crippen molar-refractivity contribution in [3.8, 4) is 11.5 Å². The van der Waals surface area contributed by atoms with E-state index < -0.39 is 0 Å². The first-order valence-corrected chi connectivity index (χ1v) is 7.61. The van der Waals surface area contributed by atoms with Gasteiger partial charge < -0.3 is 14.8 Å². The minimum Gasteiger partial charge on any atom is -0.493 e. The van der Waals surface area contributed by atoms with Gasteiger partial charge in [0.15, 0.2) is 0 Å². The van der Waals surface area contributed by atoms with Crippen molar-refractivity contribution in [1.82, 2.24) is 5.32 Å². The predicted molar refractivity (Wildman–Crippen MR) is 81.7 cm³/mol. The molecule has 4 rings (SSSR count). The first kappa shape index (κ1) is 12.7. The van der Waals surface area contributed by atoms with Crippen LogP contribution in [-0.4, -0.2) is 13.2 Å². The van der Waals surface area contributed by atoms with E-state index >= 15 is 0 Å². The molecule has 108 valence electrons. The van der Waals surface area contributed by atoms with E-state index in [1.807, 2.05) is 12.1 Å². The second-order valence-electron chi connectivity index (χ2n) is 5.62. The van der Waals surface area contributed by atoms with Crippen molar-refractivity contribution >= 4 is 0 Å². The highest BCUT2D eigenvalue weighted by Gasteiger charge is 2.27. The van der Waals surface area contributed by atoms with Gasteiger partial charge in [0.05, 0.1) is 13.2 Å². The molecule has 0 amide bonds. The van der Waals surface area contributed by atoms with Crippen LogP contribution in [0.5, 0.6) is 11.5 Å². The van der Waals surface area contributed by atoms with E-state index in [9.17, 15) is 0 Å². The highest BCUT2D eigenvalue weighted by Crippen LogP contribution is 2.37. The summed E-state index contributed by atoms with van der Waals surface area (Å²) in [7, 11) is 0. The third kappa shape index (κ3) is 2.38. The first-order chi connectivity index (χ1) is 10.4. The molecule has 2 heterocycles. The molecule has 0 fully saturated rings. The second-order valence-corrected chi connectivity index (χ2v) is 5.62. The van der Waals surface area contributed by atoms with Gasteiger partial charge in [-0.25, -0.2) is 0 Å². The average molecular weight is 281 g/mol. The van der Waals surface area contributed by atoms with Gasteiger partial charge in [-0.2, -0.15) is 0 Å². The number of fused-ring (bicyclic) bond motifs is 2. The summed E-state index contributed by atoms with van der Waals surface area (Å²) in [6.07, 6.45) is 2.02. The lowest BCUT2D eigenvalue weighted by molar-refractivity contribution is 0.214. The third-order valence-electron chi connectivity index (χ3n) is 4.32. The molecular formula is C18H19NO2. The van der Waals surface area contributed by atoms with Crippen LogP contribution in [0.2, 0.25) is 0 Å². The maximum atomic E-state index is 5.75. The topological polar surface area (TPSA) is 30.5 Å². The molecule has 2 atom stereocenters. The lowest BCUT2D eigenvalue weighted by Gasteiger charge is -2.33. The third-order valence-corrected chi connectivity index (χ3v) is 4.32. The van der Waals surface area contributed by atoms with E-state index in [2.05, 4.69) is 41.7 Å². The van der Waals surface area contributed by atoms with Gasteiger partial charge in [-0.05, 0) is 12.1 Å². The van der Waals surface area contributed by atoms with Crippen molar-refractivity contribution in [2.24, 2.45) is 0 Å². The van der Waals surface area contributed by atoms with Crippen molar-refractivity contribution in [3.05, 3.63) is 59.7 Å². The van der Waals surface area contributed by atoms with E-state index in [1.165, 1.54) is 11.1 Å². The number of benzene rings is 2. The fourth-order valence-electron chi connectivity index (χ4n) is 3.27. The van der Waals surface area contributed by atoms with E-state index in [1.54, 1.807) is 0 Å². The van der Waals surface area contributed by atoms with Crippen molar-refractivity contribution < 1.29 is 9.47 Å². The molecule has 0 bridgehead atoms.